The highest BCUT2D eigenvalue weighted by Crippen LogP contribution is 2.13. The standard InChI is InChI=1S/C15H15N3O5/c19-14-16-12(6-7-18(14)13-9-21-10-23-13)17-15(20)22-8-11-4-2-1-3-5-11/h1-7,13H,8-10H2,(H,16,17,19,20)/t13-/m0/s1. The van der Waals surface area contributed by atoms with E-state index in [-0.39, 0.29) is 25.8 Å². The monoisotopic (exact) mass is 317 g/mol. The van der Waals surface area contributed by atoms with Gasteiger partial charge in [-0.15, -0.1) is 0 Å². The van der Waals surface area contributed by atoms with Crippen LogP contribution in [0.15, 0.2) is 47.4 Å². The molecule has 2 aromatic rings. The Labute approximate surface area is 131 Å². The Morgan fingerprint density at radius 3 is 2.87 bits per heavy atom. The molecule has 1 aliphatic heterocycles. The van der Waals surface area contributed by atoms with Gasteiger partial charge in [0.2, 0.25) is 0 Å². The first-order valence-electron chi connectivity index (χ1n) is 6.98. The van der Waals surface area contributed by atoms with Crippen molar-refractivity contribution in [3.63, 3.8) is 0 Å². The average Bonchev–Trinajstić information content (AvgIpc) is 3.08. The van der Waals surface area contributed by atoms with Gasteiger partial charge in [0, 0.05) is 6.20 Å². The molecule has 8 heteroatoms. The normalized spacial score (nSPS) is 17.0. The van der Waals surface area contributed by atoms with Crippen molar-refractivity contribution in [2.24, 2.45) is 0 Å². The molecule has 1 N–H and O–H groups in total. The fourth-order valence-electron chi connectivity index (χ4n) is 2.05. The Morgan fingerprint density at radius 1 is 1.35 bits per heavy atom. The number of aromatic nitrogens is 2. The maximum atomic E-state index is 11.9. The first-order valence-corrected chi connectivity index (χ1v) is 6.98. The fraction of sp³-hybridized carbons (Fsp3) is 0.267. The van der Waals surface area contributed by atoms with Crippen molar-refractivity contribution in [2.45, 2.75) is 12.8 Å². The number of carbonyl (C=O) groups is 1. The summed E-state index contributed by atoms with van der Waals surface area (Å²) < 4.78 is 16.6. The molecule has 1 aliphatic rings. The number of nitrogens with zero attached hydrogens (tertiary/aromatic N) is 2. The Bertz CT molecular complexity index is 725. The van der Waals surface area contributed by atoms with Crippen LogP contribution in [0.3, 0.4) is 0 Å². The summed E-state index contributed by atoms with van der Waals surface area (Å²) in [6.07, 6.45) is 0.314. The first kappa shape index (κ1) is 15.2. The van der Waals surface area contributed by atoms with Crippen LogP contribution in [-0.2, 0) is 20.8 Å². The van der Waals surface area contributed by atoms with Crippen molar-refractivity contribution in [3.05, 3.63) is 58.6 Å². The SMILES string of the molecule is O=C(Nc1ccn([C@@H]2COCO2)c(=O)n1)OCc1ccccc1. The highest BCUT2D eigenvalue weighted by atomic mass is 16.7. The zero-order valence-corrected chi connectivity index (χ0v) is 12.2. The molecule has 0 spiro atoms. The predicted molar refractivity (Wildman–Crippen MR) is 79.7 cm³/mol. The highest BCUT2D eigenvalue weighted by Gasteiger charge is 2.19. The maximum Gasteiger partial charge on any atom is 0.413 e. The third-order valence-electron chi connectivity index (χ3n) is 3.19. The van der Waals surface area contributed by atoms with E-state index in [0.29, 0.717) is 0 Å². The lowest BCUT2D eigenvalue weighted by Gasteiger charge is -2.11. The predicted octanol–water partition coefficient (Wildman–Crippen LogP) is 1.49. The van der Waals surface area contributed by atoms with Gasteiger partial charge in [0.1, 0.15) is 19.2 Å². The van der Waals surface area contributed by atoms with Crippen LogP contribution in [0, 0.1) is 0 Å². The van der Waals surface area contributed by atoms with Crippen LogP contribution in [0.4, 0.5) is 10.6 Å². The summed E-state index contributed by atoms with van der Waals surface area (Å²) in [5.41, 5.74) is 0.325. The third kappa shape index (κ3) is 3.93. The maximum absolute atomic E-state index is 11.9. The summed E-state index contributed by atoms with van der Waals surface area (Å²) in [4.78, 5) is 27.4. The Morgan fingerprint density at radius 2 is 2.17 bits per heavy atom. The Balaban J connectivity index is 1.58. The van der Waals surface area contributed by atoms with E-state index in [1.54, 1.807) is 0 Å². The summed E-state index contributed by atoms with van der Waals surface area (Å²) in [5.74, 6) is 0.114. The minimum Gasteiger partial charge on any atom is -0.444 e. The molecule has 1 aromatic heterocycles. The van der Waals surface area contributed by atoms with Gasteiger partial charge in [-0.05, 0) is 11.6 Å². The smallest absolute Gasteiger partial charge is 0.413 e. The summed E-state index contributed by atoms with van der Waals surface area (Å²) in [7, 11) is 0. The van der Waals surface area contributed by atoms with Gasteiger partial charge in [-0.2, -0.15) is 4.98 Å². The molecule has 2 heterocycles. The lowest BCUT2D eigenvalue weighted by molar-refractivity contribution is 0.0216. The number of benzene rings is 1. The molecule has 1 saturated heterocycles. The van der Waals surface area contributed by atoms with Crippen molar-refractivity contribution in [1.29, 1.82) is 0 Å². The number of nitrogens with one attached hydrogen (secondary N) is 1. The van der Waals surface area contributed by atoms with Crippen LogP contribution < -0.4 is 11.0 Å². The fourth-order valence-corrected chi connectivity index (χ4v) is 2.05. The number of ether oxygens (including phenoxy) is 3. The molecule has 1 fully saturated rings. The van der Waals surface area contributed by atoms with Gasteiger partial charge < -0.3 is 14.2 Å². The summed E-state index contributed by atoms with van der Waals surface area (Å²) >= 11 is 0. The first-order chi connectivity index (χ1) is 11.2. The molecule has 120 valence electrons. The van der Waals surface area contributed by atoms with Crippen LogP contribution in [0.2, 0.25) is 0 Å². The van der Waals surface area contributed by atoms with Gasteiger partial charge in [-0.1, -0.05) is 30.3 Å². The van der Waals surface area contributed by atoms with Crippen LogP contribution >= 0.6 is 0 Å². The van der Waals surface area contributed by atoms with E-state index in [1.165, 1.54) is 16.8 Å². The van der Waals surface area contributed by atoms with Crippen molar-refractivity contribution < 1.29 is 19.0 Å². The lowest BCUT2D eigenvalue weighted by atomic mass is 10.2. The molecule has 0 unspecified atom stereocenters. The number of hydrogen-bond donors (Lipinski definition) is 1. The molecule has 0 saturated carbocycles. The molecular formula is C15H15N3O5. The van der Waals surface area contributed by atoms with Crippen molar-refractivity contribution >= 4 is 11.9 Å². The third-order valence-corrected chi connectivity index (χ3v) is 3.19. The van der Waals surface area contributed by atoms with E-state index in [2.05, 4.69) is 10.3 Å². The Kier molecular flexibility index (Phi) is 4.65. The van der Waals surface area contributed by atoms with E-state index >= 15 is 0 Å². The molecule has 23 heavy (non-hydrogen) atoms. The second kappa shape index (κ2) is 7.03. The van der Waals surface area contributed by atoms with Crippen LogP contribution in [0.1, 0.15) is 11.8 Å². The minimum atomic E-state index is -0.682. The molecule has 8 nitrogen and oxygen atoms in total. The van der Waals surface area contributed by atoms with E-state index in [9.17, 15) is 9.59 Å². The number of rotatable bonds is 4. The number of carbonyl (C=O) groups excluding carboxylic acids is 1. The van der Waals surface area contributed by atoms with Gasteiger partial charge in [0.05, 0.1) is 6.61 Å². The average molecular weight is 317 g/mol. The van der Waals surface area contributed by atoms with E-state index in [1.807, 2.05) is 30.3 Å². The highest BCUT2D eigenvalue weighted by molar-refractivity contribution is 5.83. The molecule has 0 bridgehead atoms. The van der Waals surface area contributed by atoms with Gasteiger partial charge in [-0.25, -0.2) is 9.59 Å². The van der Waals surface area contributed by atoms with Crippen LogP contribution in [-0.4, -0.2) is 29.0 Å². The van der Waals surface area contributed by atoms with Crippen molar-refractivity contribution in [1.82, 2.24) is 9.55 Å². The van der Waals surface area contributed by atoms with E-state index in [0.717, 1.165) is 5.56 Å². The van der Waals surface area contributed by atoms with Crippen molar-refractivity contribution in [3.8, 4) is 0 Å². The van der Waals surface area contributed by atoms with Gasteiger partial charge in [0.15, 0.2) is 6.23 Å². The number of amides is 1. The zero-order valence-electron chi connectivity index (χ0n) is 12.2. The summed E-state index contributed by atoms with van der Waals surface area (Å²) in [5, 5.41) is 2.41. The lowest BCUT2D eigenvalue weighted by Crippen LogP contribution is -2.29. The summed E-state index contributed by atoms with van der Waals surface area (Å²) in [6.45, 7) is 0.563. The van der Waals surface area contributed by atoms with Gasteiger partial charge >= 0.3 is 11.8 Å². The van der Waals surface area contributed by atoms with E-state index in [4.69, 9.17) is 14.2 Å². The second-order valence-corrected chi connectivity index (χ2v) is 4.80. The number of anilines is 1. The van der Waals surface area contributed by atoms with Gasteiger partial charge in [-0.3, -0.25) is 9.88 Å². The largest absolute Gasteiger partial charge is 0.444 e. The molecule has 1 aromatic carbocycles. The topological polar surface area (TPSA) is 91.7 Å². The number of hydrogen-bond acceptors (Lipinski definition) is 6. The van der Waals surface area contributed by atoms with Gasteiger partial charge in [0.25, 0.3) is 0 Å². The Hall–Kier alpha value is -2.71. The van der Waals surface area contributed by atoms with Crippen molar-refractivity contribution in [2.75, 3.05) is 18.7 Å². The quantitative estimate of drug-likeness (QED) is 0.918. The molecule has 0 radical (unpaired) electrons. The molecule has 1 amide bonds. The van der Waals surface area contributed by atoms with Crippen LogP contribution in [0.5, 0.6) is 0 Å². The van der Waals surface area contributed by atoms with Crippen LogP contribution in [0.25, 0.3) is 0 Å². The molecule has 0 aliphatic carbocycles. The van der Waals surface area contributed by atoms with E-state index < -0.39 is 18.0 Å². The second-order valence-electron chi connectivity index (χ2n) is 4.80. The summed E-state index contributed by atoms with van der Waals surface area (Å²) in [6, 6.07) is 10.8. The molecule has 3 rings (SSSR count). The zero-order chi connectivity index (χ0) is 16.1. The molecule has 1 atom stereocenters. The molecular weight excluding hydrogens is 302 g/mol. The minimum absolute atomic E-state index is 0.114.